The molecule has 0 aromatic heterocycles. The Bertz CT molecular complexity index is 920. The second-order valence-corrected chi connectivity index (χ2v) is 10.1. The molecule has 3 nitrogen and oxygen atoms in total. The van der Waals surface area contributed by atoms with Crippen LogP contribution in [0.1, 0.15) is 65.0 Å². The zero-order valence-electron chi connectivity index (χ0n) is 20.3. The maximum absolute atomic E-state index is 5.00. The van der Waals surface area contributed by atoms with Gasteiger partial charge in [-0.1, -0.05) is 70.2 Å². The van der Waals surface area contributed by atoms with Gasteiger partial charge in [0.15, 0.2) is 0 Å². The third kappa shape index (κ3) is 5.64. The van der Waals surface area contributed by atoms with Crippen molar-refractivity contribution in [1.29, 1.82) is 0 Å². The van der Waals surface area contributed by atoms with E-state index in [2.05, 4.69) is 74.5 Å². The molecule has 2 heterocycles. The van der Waals surface area contributed by atoms with E-state index in [1.807, 2.05) is 20.0 Å². The third-order valence-corrected chi connectivity index (χ3v) is 6.38. The van der Waals surface area contributed by atoms with Gasteiger partial charge in [-0.15, -0.1) is 0 Å². The highest BCUT2D eigenvalue weighted by molar-refractivity contribution is 6.08. The second-order valence-electron chi connectivity index (χ2n) is 10.1. The van der Waals surface area contributed by atoms with Crippen LogP contribution in [0.2, 0.25) is 0 Å². The van der Waals surface area contributed by atoms with Gasteiger partial charge >= 0.3 is 0 Å². The quantitative estimate of drug-likeness (QED) is 0.478. The number of dihydropyridines is 1. The molecule has 0 N–H and O–H groups in total. The Balaban J connectivity index is 1.76. The summed E-state index contributed by atoms with van der Waals surface area (Å²) in [6.45, 7) is 18.7. The lowest BCUT2D eigenvalue weighted by molar-refractivity contribution is 0.328. The maximum Gasteiger partial charge on any atom is 0.0639 e. The van der Waals surface area contributed by atoms with E-state index in [4.69, 9.17) is 4.99 Å². The fourth-order valence-corrected chi connectivity index (χ4v) is 4.47. The van der Waals surface area contributed by atoms with Crippen molar-refractivity contribution in [1.82, 2.24) is 4.90 Å². The average Bonchev–Trinajstić information content (AvgIpc) is 2.73. The Kier molecular flexibility index (Phi) is 7.35. The van der Waals surface area contributed by atoms with Crippen LogP contribution < -0.4 is 0 Å². The van der Waals surface area contributed by atoms with Gasteiger partial charge in [0.1, 0.15) is 0 Å². The number of allylic oxidation sites excluding steroid dienone is 3. The highest BCUT2D eigenvalue weighted by atomic mass is 15.1. The van der Waals surface area contributed by atoms with Crippen LogP contribution in [0.5, 0.6) is 0 Å². The van der Waals surface area contributed by atoms with Crippen molar-refractivity contribution in [3.8, 4) is 0 Å². The summed E-state index contributed by atoms with van der Waals surface area (Å²) >= 11 is 0. The van der Waals surface area contributed by atoms with Crippen LogP contribution in [-0.4, -0.2) is 36.5 Å². The Morgan fingerprint density at radius 1 is 1.26 bits per heavy atom. The molecule has 0 saturated heterocycles. The molecule has 0 amide bonds. The van der Waals surface area contributed by atoms with Crippen LogP contribution in [-0.2, 0) is 6.54 Å². The smallest absolute Gasteiger partial charge is 0.0639 e. The summed E-state index contributed by atoms with van der Waals surface area (Å²) in [5.74, 6) is 0.532. The van der Waals surface area contributed by atoms with Crippen LogP contribution >= 0.6 is 0 Å². The van der Waals surface area contributed by atoms with Crippen LogP contribution in [0.3, 0.4) is 0 Å². The van der Waals surface area contributed by atoms with Crippen LogP contribution in [0.25, 0.3) is 0 Å². The van der Waals surface area contributed by atoms with Crippen molar-refractivity contribution in [2.24, 2.45) is 21.3 Å². The predicted octanol–water partition coefficient (Wildman–Crippen LogP) is 6.61. The number of hydrogen-bond acceptors (Lipinski definition) is 3. The fraction of sp³-hybridized carbons (Fsp3) is 0.500. The topological polar surface area (TPSA) is 28.0 Å². The molecule has 3 heteroatoms. The van der Waals surface area contributed by atoms with E-state index in [0.717, 1.165) is 55.9 Å². The van der Waals surface area contributed by atoms with Gasteiger partial charge in [-0.2, -0.15) is 0 Å². The molecule has 2 aliphatic heterocycles. The van der Waals surface area contributed by atoms with E-state index in [1.165, 1.54) is 16.8 Å². The summed E-state index contributed by atoms with van der Waals surface area (Å²) in [5, 5.41) is 0. The molecule has 0 aliphatic carbocycles. The maximum atomic E-state index is 5.00. The van der Waals surface area contributed by atoms with Crippen LogP contribution in [0.4, 0.5) is 0 Å². The molecule has 0 radical (unpaired) electrons. The lowest BCUT2D eigenvalue weighted by atomic mass is 9.80. The van der Waals surface area contributed by atoms with E-state index in [9.17, 15) is 0 Å². The van der Waals surface area contributed by atoms with E-state index in [0.29, 0.717) is 11.3 Å². The van der Waals surface area contributed by atoms with Gasteiger partial charge < -0.3 is 4.90 Å². The standard InChI is InChI=1S/C28H39N3/c1-8-9-25(29-7)23-12-10-22(11-13-23)19-31-17-15-24-20(2)18-30-26(27(24)21(31)3)14-16-28(4,5)6/h8-13,20H,3,14-19H2,1-2,4-7H3/b9-8-,29-25+. The minimum atomic E-state index is 0.317. The zero-order chi connectivity index (χ0) is 22.6. The lowest BCUT2D eigenvalue weighted by Crippen LogP contribution is -2.35. The summed E-state index contributed by atoms with van der Waals surface area (Å²) in [4.78, 5) is 11.8. The van der Waals surface area contributed by atoms with Crippen molar-refractivity contribution in [3.05, 3.63) is 71.0 Å². The van der Waals surface area contributed by atoms with E-state index in [-0.39, 0.29) is 0 Å². The van der Waals surface area contributed by atoms with E-state index in [1.54, 1.807) is 5.57 Å². The molecule has 1 aromatic carbocycles. The molecular formula is C28H39N3. The van der Waals surface area contributed by atoms with Crippen molar-refractivity contribution < 1.29 is 0 Å². The van der Waals surface area contributed by atoms with Gasteiger partial charge in [-0.3, -0.25) is 9.98 Å². The molecule has 0 bridgehead atoms. The summed E-state index contributed by atoms with van der Waals surface area (Å²) in [5.41, 5.74) is 9.17. The molecule has 166 valence electrons. The lowest BCUT2D eigenvalue weighted by Gasteiger charge is -2.39. The first-order valence-corrected chi connectivity index (χ1v) is 11.6. The van der Waals surface area contributed by atoms with Crippen molar-refractivity contribution in [2.75, 3.05) is 20.1 Å². The Hall–Kier alpha value is -2.42. The largest absolute Gasteiger partial charge is 0.367 e. The number of aliphatic imine (C=N–C) groups is 2. The molecule has 1 atom stereocenters. The summed E-state index contributed by atoms with van der Waals surface area (Å²) in [7, 11) is 1.84. The Morgan fingerprint density at radius 2 is 1.97 bits per heavy atom. The van der Waals surface area contributed by atoms with Crippen molar-refractivity contribution in [3.63, 3.8) is 0 Å². The average molecular weight is 418 g/mol. The van der Waals surface area contributed by atoms with Crippen LogP contribution in [0.15, 0.2) is 69.8 Å². The first-order chi connectivity index (χ1) is 14.7. The van der Waals surface area contributed by atoms with Gasteiger partial charge in [0.2, 0.25) is 0 Å². The zero-order valence-corrected chi connectivity index (χ0v) is 20.3. The molecule has 1 unspecified atom stereocenters. The molecule has 0 spiro atoms. The molecule has 1 aromatic rings. The van der Waals surface area contributed by atoms with Gasteiger partial charge in [-0.05, 0) is 54.7 Å². The second kappa shape index (κ2) is 9.80. The minimum absolute atomic E-state index is 0.317. The first-order valence-electron chi connectivity index (χ1n) is 11.6. The number of rotatable bonds is 6. The fourth-order valence-electron chi connectivity index (χ4n) is 4.47. The molecular weight excluding hydrogens is 378 g/mol. The first kappa shape index (κ1) is 23.2. The van der Waals surface area contributed by atoms with Gasteiger partial charge in [0.25, 0.3) is 0 Å². The normalized spacial score (nSPS) is 20.4. The van der Waals surface area contributed by atoms with Gasteiger partial charge in [0.05, 0.1) is 5.71 Å². The van der Waals surface area contributed by atoms with E-state index >= 15 is 0 Å². The molecule has 31 heavy (non-hydrogen) atoms. The molecule has 0 saturated carbocycles. The predicted molar refractivity (Wildman–Crippen MR) is 135 cm³/mol. The van der Waals surface area contributed by atoms with E-state index < -0.39 is 0 Å². The highest BCUT2D eigenvalue weighted by Crippen LogP contribution is 2.37. The summed E-state index contributed by atoms with van der Waals surface area (Å²) in [6.07, 6.45) is 7.40. The Morgan fingerprint density at radius 3 is 2.58 bits per heavy atom. The summed E-state index contributed by atoms with van der Waals surface area (Å²) in [6, 6.07) is 8.79. The van der Waals surface area contributed by atoms with Crippen molar-refractivity contribution >= 4 is 11.4 Å². The minimum Gasteiger partial charge on any atom is -0.367 e. The van der Waals surface area contributed by atoms with Crippen molar-refractivity contribution in [2.45, 2.75) is 60.4 Å². The molecule has 2 aliphatic rings. The number of nitrogens with zero attached hydrogens (tertiary/aromatic N) is 3. The Labute approximate surface area is 189 Å². The highest BCUT2D eigenvalue weighted by Gasteiger charge is 2.31. The SMILES string of the molecule is C=C1C2=C(CCN1Cc1ccc(C(/C=C\C)=N/C)cc1)C(C)CN=C2CCC(C)(C)C. The third-order valence-electron chi connectivity index (χ3n) is 6.38. The van der Waals surface area contributed by atoms with Gasteiger partial charge in [0, 0.05) is 43.7 Å². The summed E-state index contributed by atoms with van der Waals surface area (Å²) < 4.78 is 0. The number of benzene rings is 1. The van der Waals surface area contributed by atoms with Gasteiger partial charge in [-0.25, -0.2) is 0 Å². The molecule has 0 fully saturated rings. The monoisotopic (exact) mass is 417 g/mol. The number of hydrogen-bond donors (Lipinski definition) is 0. The molecule has 3 rings (SSSR count). The van der Waals surface area contributed by atoms with Crippen LogP contribution in [0, 0.1) is 11.3 Å².